The predicted octanol–water partition coefficient (Wildman–Crippen LogP) is 3.61. The number of fused-ring (bicyclic) bond motifs is 3. The van der Waals surface area contributed by atoms with Crippen LogP contribution in [-0.4, -0.2) is 84.8 Å². The minimum absolute atomic E-state index is 0.00514. The van der Waals surface area contributed by atoms with Crippen molar-refractivity contribution in [2.75, 3.05) is 52.4 Å². The van der Waals surface area contributed by atoms with E-state index < -0.39 is 0 Å². The van der Waals surface area contributed by atoms with Gasteiger partial charge in [-0.15, -0.1) is 0 Å². The summed E-state index contributed by atoms with van der Waals surface area (Å²) in [5.41, 5.74) is 0.925. The van der Waals surface area contributed by atoms with Crippen LogP contribution in [0.4, 0.5) is 0 Å². The average Bonchev–Trinajstić information content (AvgIpc) is 3.49. The van der Waals surface area contributed by atoms with Crippen molar-refractivity contribution in [3.63, 3.8) is 0 Å². The number of nitrogens with zero attached hydrogens (tertiary/aromatic N) is 3. The molecule has 2 atom stereocenters. The van der Waals surface area contributed by atoms with Gasteiger partial charge >= 0.3 is 0 Å². The van der Waals surface area contributed by atoms with Gasteiger partial charge in [-0.3, -0.25) is 14.4 Å². The molecular formula is C32H46N4O4. The fourth-order valence-electron chi connectivity index (χ4n) is 6.83. The zero-order valence-corrected chi connectivity index (χ0v) is 23.9. The molecule has 5 rings (SSSR count). The monoisotopic (exact) mass is 550 g/mol. The van der Waals surface area contributed by atoms with Crippen LogP contribution in [0.25, 0.3) is 0 Å². The van der Waals surface area contributed by atoms with Gasteiger partial charge in [-0.1, -0.05) is 49.6 Å². The van der Waals surface area contributed by atoms with E-state index in [1.165, 1.54) is 19.3 Å². The molecule has 218 valence electrons. The number of hydrogen-bond acceptors (Lipinski definition) is 5. The maximum absolute atomic E-state index is 13.7. The molecule has 3 amide bonds. The molecule has 0 unspecified atom stereocenters. The summed E-state index contributed by atoms with van der Waals surface area (Å²) in [6, 6.07) is 7.82. The van der Waals surface area contributed by atoms with E-state index in [2.05, 4.69) is 16.3 Å². The summed E-state index contributed by atoms with van der Waals surface area (Å²) in [4.78, 5) is 46.2. The van der Waals surface area contributed by atoms with E-state index in [0.29, 0.717) is 39.2 Å². The zero-order valence-electron chi connectivity index (χ0n) is 23.9. The first-order valence-electron chi connectivity index (χ1n) is 15.5. The first-order valence-corrected chi connectivity index (χ1v) is 15.5. The summed E-state index contributed by atoms with van der Waals surface area (Å²) in [7, 11) is 0. The molecule has 1 saturated carbocycles. The average molecular weight is 551 g/mol. The molecule has 0 radical (unpaired) electrons. The van der Waals surface area contributed by atoms with Crippen molar-refractivity contribution in [1.82, 2.24) is 20.0 Å². The van der Waals surface area contributed by atoms with Gasteiger partial charge in [0.1, 0.15) is 18.9 Å². The van der Waals surface area contributed by atoms with Gasteiger partial charge in [-0.25, -0.2) is 0 Å². The third-order valence-electron chi connectivity index (χ3n) is 9.20. The first-order chi connectivity index (χ1) is 19.6. The Hall–Kier alpha value is -2.87. The Morgan fingerprint density at radius 3 is 2.58 bits per heavy atom. The number of likely N-dealkylation sites (tertiary alicyclic amines) is 1. The predicted molar refractivity (Wildman–Crippen MR) is 155 cm³/mol. The Bertz CT molecular complexity index is 1050. The highest BCUT2D eigenvalue weighted by atomic mass is 16.5. The van der Waals surface area contributed by atoms with Crippen molar-refractivity contribution in [2.45, 2.75) is 64.3 Å². The largest absolute Gasteiger partial charge is 0.489 e. The fraction of sp³-hybridized carbons (Fsp3) is 0.656. The van der Waals surface area contributed by atoms with Gasteiger partial charge in [0, 0.05) is 50.6 Å². The summed E-state index contributed by atoms with van der Waals surface area (Å²) in [6.07, 6.45) is 13.0. The second kappa shape index (κ2) is 14.2. The smallest absolute Gasteiger partial charge is 0.242 e. The molecule has 3 fully saturated rings. The van der Waals surface area contributed by atoms with Gasteiger partial charge in [0.05, 0.1) is 0 Å². The number of carbonyl (C=O) groups is 3. The Morgan fingerprint density at radius 1 is 0.950 bits per heavy atom. The lowest BCUT2D eigenvalue weighted by Crippen LogP contribution is -2.49. The third-order valence-corrected chi connectivity index (χ3v) is 9.20. The number of nitrogens with one attached hydrogen (secondary N) is 1. The van der Waals surface area contributed by atoms with E-state index in [1.807, 2.05) is 35.2 Å². The van der Waals surface area contributed by atoms with Gasteiger partial charge in [0.2, 0.25) is 17.7 Å². The van der Waals surface area contributed by atoms with Crippen molar-refractivity contribution >= 4 is 17.7 Å². The Morgan fingerprint density at radius 2 is 1.75 bits per heavy atom. The standard InChI is InChI=1S/C32H46N4O4/c37-30(33-15-19-34-16-6-7-17-34)21-26-14-18-35-22-27(26)12-8-20-40-29-13-5-4-11-28(29)23-36(24-31(35)38)32(39)25-9-2-1-3-10-25/h4-5,8,11-13,25-27H,1-3,6-7,9-10,14-24H2,(H,33,37)/t26-,27-/m0/s1. The molecule has 1 aromatic carbocycles. The quantitative estimate of drug-likeness (QED) is 0.548. The van der Waals surface area contributed by atoms with Crippen molar-refractivity contribution in [2.24, 2.45) is 17.8 Å². The maximum atomic E-state index is 13.7. The molecule has 8 heteroatoms. The second-order valence-electron chi connectivity index (χ2n) is 12.0. The highest BCUT2D eigenvalue weighted by molar-refractivity contribution is 5.86. The van der Waals surface area contributed by atoms with Gasteiger partial charge < -0.3 is 24.8 Å². The molecule has 1 N–H and O–H groups in total. The van der Waals surface area contributed by atoms with E-state index in [4.69, 9.17) is 4.74 Å². The number of hydrogen-bond donors (Lipinski definition) is 1. The van der Waals surface area contributed by atoms with Gasteiger partial charge in [-0.05, 0) is 63.1 Å². The van der Waals surface area contributed by atoms with Crippen LogP contribution in [-0.2, 0) is 20.9 Å². The molecule has 4 aliphatic rings. The van der Waals surface area contributed by atoms with Crippen molar-refractivity contribution in [3.8, 4) is 5.75 Å². The molecule has 0 spiro atoms. The van der Waals surface area contributed by atoms with Gasteiger partial charge in [0.25, 0.3) is 0 Å². The molecule has 1 aliphatic carbocycles. The van der Waals surface area contributed by atoms with Crippen LogP contribution >= 0.6 is 0 Å². The molecular weight excluding hydrogens is 504 g/mol. The first kappa shape index (κ1) is 28.7. The number of carbonyl (C=O) groups excluding carboxylic acids is 3. The third kappa shape index (κ3) is 7.65. The van der Waals surface area contributed by atoms with E-state index in [0.717, 1.165) is 63.1 Å². The summed E-state index contributed by atoms with van der Waals surface area (Å²) >= 11 is 0. The summed E-state index contributed by atoms with van der Waals surface area (Å²) in [6.45, 7) is 5.92. The molecule has 2 bridgehead atoms. The Kier molecular flexibility index (Phi) is 10.1. The van der Waals surface area contributed by atoms with E-state index >= 15 is 0 Å². The van der Waals surface area contributed by atoms with Crippen molar-refractivity contribution < 1.29 is 19.1 Å². The summed E-state index contributed by atoms with van der Waals surface area (Å²) < 4.78 is 6.15. The molecule has 8 nitrogen and oxygen atoms in total. The normalized spacial score (nSPS) is 24.9. The topological polar surface area (TPSA) is 82.2 Å². The van der Waals surface area contributed by atoms with E-state index in [-0.39, 0.29) is 42.0 Å². The summed E-state index contributed by atoms with van der Waals surface area (Å²) in [5, 5.41) is 3.12. The van der Waals surface area contributed by atoms with Crippen LogP contribution in [0, 0.1) is 17.8 Å². The molecule has 1 aromatic rings. The number of benzene rings is 1. The minimum Gasteiger partial charge on any atom is -0.489 e. The van der Waals surface area contributed by atoms with Crippen LogP contribution in [0.1, 0.15) is 63.4 Å². The van der Waals surface area contributed by atoms with Crippen LogP contribution in [0.2, 0.25) is 0 Å². The number of rotatable bonds is 6. The van der Waals surface area contributed by atoms with E-state index in [1.54, 1.807) is 4.90 Å². The van der Waals surface area contributed by atoms with E-state index in [9.17, 15) is 14.4 Å². The molecule has 2 saturated heterocycles. The summed E-state index contributed by atoms with van der Waals surface area (Å²) in [5.74, 6) is 1.16. The number of para-hydroxylation sites is 1. The van der Waals surface area contributed by atoms with Crippen molar-refractivity contribution in [1.29, 1.82) is 0 Å². The molecule has 0 aromatic heterocycles. The fourth-order valence-corrected chi connectivity index (χ4v) is 6.83. The maximum Gasteiger partial charge on any atom is 0.242 e. The lowest BCUT2D eigenvalue weighted by atomic mass is 9.82. The SMILES string of the molecule is O=C(C[C@@H]1CCN2C[C@@H]1C=CCOc1ccccc1CN(C(=O)C1CCCCC1)CC2=O)NCCN1CCCC1. The second-order valence-corrected chi connectivity index (χ2v) is 12.0. The van der Waals surface area contributed by atoms with Crippen LogP contribution < -0.4 is 10.1 Å². The molecule has 3 heterocycles. The van der Waals surface area contributed by atoms with Crippen LogP contribution in [0.3, 0.4) is 0 Å². The number of amides is 3. The lowest BCUT2D eigenvalue weighted by molar-refractivity contribution is -0.145. The zero-order chi connectivity index (χ0) is 27.7. The highest BCUT2D eigenvalue weighted by Gasteiger charge is 2.34. The Balaban J connectivity index is 1.27. The number of piperidine rings is 1. The molecule has 3 aliphatic heterocycles. The van der Waals surface area contributed by atoms with Crippen LogP contribution in [0.15, 0.2) is 36.4 Å². The number of ether oxygens (including phenoxy) is 1. The highest BCUT2D eigenvalue weighted by Crippen LogP contribution is 2.30. The minimum atomic E-state index is -0.00581. The lowest BCUT2D eigenvalue weighted by Gasteiger charge is -2.38. The van der Waals surface area contributed by atoms with Crippen molar-refractivity contribution in [3.05, 3.63) is 42.0 Å². The van der Waals surface area contributed by atoms with Gasteiger partial charge in [0.15, 0.2) is 0 Å². The molecule has 40 heavy (non-hydrogen) atoms. The Labute approximate surface area is 239 Å². The van der Waals surface area contributed by atoms with Crippen LogP contribution in [0.5, 0.6) is 5.75 Å². The van der Waals surface area contributed by atoms with Gasteiger partial charge in [-0.2, -0.15) is 0 Å².